The number of aliphatic hydroxyl groups excluding tert-OH is 1. The topological polar surface area (TPSA) is 50.7 Å². The summed E-state index contributed by atoms with van der Waals surface area (Å²) < 4.78 is 10.8. The molecule has 0 saturated heterocycles. The van der Waals surface area contributed by atoms with Crippen LogP contribution in [-0.4, -0.2) is 31.5 Å². The van der Waals surface area contributed by atoms with E-state index in [4.69, 9.17) is 14.6 Å². The third-order valence-electron chi connectivity index (χ3n) is 2.84. The van der Waals surface area contributed by atoms with Gasteiger partial charge in [-0.15, -0.1) is 12.4 Å². The molecular weight excluding hydrogens is 266 g/mol. The quantitative estimate of drug-likeness (QED) is 0.771. The fourth-order valence-corrected chi connectivity index (χ4v) is 1.70. The molecule has 2 N–H and O–H groups in total. The molecule has 0 spiro atoms. The highest BCUT2D eigenvalue weighted by molar-refractivity contribution is 5.85. The van der Waals surface area contributed by atoms with E-state index in [1.54, 1.807) is 7.11 Å². The lowest BCUT2D eigenvalue weighted by Crippen LogP contribution is -2.31. The van der Waals surface area contributed by atoms with Crippen LogP contribution in [0.3, 0.4) is 0 Å². The van der Waals surface area contributed by atoms with Gasteiger partial charge in [-0.3, -0.25) is 0 Å². The number of ether oxygens (including phenoxy) is 2. The minimum Gasteiger partial charge on any atom is -0.493 e. The Bertz CT molecular complexity index is 357. The number of benzene rings is 1. The number of halogens is 1. The molecule has 1 unspecified atom stereocenters. The molecule has 0 aliphatic rings. The second-order valence-corrected chi connectivity index (χ2v) is 4.09. The van der Waals surface area contributed by atoms with E-state index >= 15 is 0 Å². The minimum absolute atomic E-state index is 0. The summed E-state index contributed by atoms with van der Waals surface area (Å²) in [6.45, 7) is 5.48. The van der Waals surface area contributed by atoms with Gasteiger partial charge in [0.1, 0.15) is 0 Å². The van der Waals surface area contributed by atoms with Gasteiger partial charge in [0.25, 0.3) is 0 Å². The summed E-state index contributed by atoms with van der Waals surface area (Å²) in [5.74, 6) is 1.51. The molecule has 0 fully saturated rings. The van der Waals surface area contributed by atoms with Crippen molar-refractivity contribution in [2.24, 2.45) is 0 Å². The third-order valence-corrected chi connectivity index (χ3v) is 2.84. The molecule has 0 aliphatic carbocycles. The first-order valence-electron chi connectivity index (χ1n) is 6.39. The molecule has 4 nitrogen and oxygen atoms in total. The number of hydrogen-bond donors (Lipinski definition) is 2. The molecule has 0 amide bonds. The number of aliphatic hydroxyl groups is 1. The maximum Gasteiger partial charge on any atom is 0.161 e. The zero-order valence-corrected chi connectivity index (χ0v) is 12.6. The number of nitrogens with one attached hydrogen (secondary N) is 1. The Morgan fingerprint density at radius 2 is 2.00 bits per heavy atom. The van der Waals surface area contributed by atoms with Gasteiger partial charge in [-0.1, -0.05) is 13.0 Å². The Hall–Kier alpha value is -0.970. The van der Waals surface area contributed by atoms with Crippen molar-refractivity contribution in [2.45, 2.75) is 32.9 Å². The van der Waals surface area contributed by atoms with Crippen molar-refractivity contribution in [2.75, 3.05) is 20.3 Å². The SMILES string of the molecule is CCOc1cc(CNC(CC)CO)ccc1OC.Cl. The van der Waals surface area contributed by atoms with Crippen molar-refractivity contribution in [1.29, 1.82) is 0 Å². The number of hydrogen-bond acceptors (Lipinski definition) is 4. The van der Waals surface area contributed by atoms with Crippen molar-refractivity contribution in [3.63, 3.8) is 0 Å². The summed E-state index contributed by atoms with van der Waals surface area (Å²) in [6, 6.07) is 6.02. The molecule has 110 valence electrons. The average molecular weight is 290 g/mol. The Balaban J connectivity index is 0.00000324. The summed E-state index contributed by atoms with van der Waals surface area (Å²) in [6.07, 6.45) is 0.908. The molecule has 1 atom stereocenters. The first-order valence-corrected chi connectivity index (χ1v) is 6.39. The molecular formula is C14H24ClNO3. The van der Waals surface area contributed by atoms with Gasteiger partial charge in [0.05, 0.1) is 20.3 Å². The van der Waals surface area contributed by atoms with Gasteiger partial charge in [-0.25, -0.2) is 0 Å². The van der Waals surface area contributed by atoms with Gasteiger partial charge < -0.3 is 19.9 Å². The lowest BCUT2D eigenvalue weighted by Gasteiger charge is -2.15. The van der Waals surface area contributed by atoms with E-state index in [0.717, 1.165) is 23.5 Å². The van der Waals surface area contributed by atoms with Gasteiger partial charge in [0, 0.05) is 12.6 Å². The molecule has 0 heterocycles. The Labute approximate surface area is 121 Å². The van der Waals surface area contributed by atoms with Crippen molar-refractivity contribution in [3.05, 3.63) is 23.8 Å². The highest BCUT2D eigenvalue weighted by Crippen LogP contribution is 2.27. The van der Waals surface area contributed by atoms with Crippen LogP contribution in [0.2, 0.25) is 0 Å². The fourth-order valence-electron chi connectivity index (χ4n) is 1.70. The van der Waals surface area contributed by atoms with Crippen LogP contribution >= 0.6 is 12.4 Å². The zero-order valence-electron chi connectivity index (χ0n) is 11.8. The van der Waals surface area contributed by atoms with Gasteiger partial charge >= 0.3 is 0 Å². The van der Waals surface area contributed by atoms with Crippen LogP contribution in [0, 0.1) is 0 Å². The highest BCUT2D eigenvalue weighted by atomic mass is 35.5. The van der Waals surface area contributed by atoms with Crippen molar-refractivity contribution >= 4 is 12.4 Å². The molecule has 1 aromatic rings. The Morgan fingerprint density at radius 3 is 2.53 bits per heavy atom. The lowest BCUT2D eigenvalue weighted by molar-refractivity contribution is 0.238. The smallest absolute Gasteiger partial charge is 0.161 e. The molecule has 0 aromatic heterocycles. The summed E-state index contributed by atoms with van der Waals surface area (Å²) in [5, 5.41) is 12.4. The maximum atomic E-state index is 9.12. The number of rotatable bonds is 8. The van der Waals surface area contributed by atoms with Gasteiger partial charge in [-0.2, -0.15) is 0 Å². The van der Waals surface area contributed by atoms with E-state index in [1.165, 1.54) is 0 Å². The van der Waals surface area contributed by atoms with Crippen LogP contribution in [0.25, 0.3) is 0 Å². The predicted molar refractivity (Wildman–Crippen MR) is 79.4 cm³/mol. The van der Waals surface area contributed by atoms with E-state index < -0.39 is 0 Å². The minimum atomic E-state index is 0. The standard InChI is InChI=1S/C14H23NO3.ClH/c1-4-12(10-16)15-9-11-6-7-13(17-3)14(8-11)18-5-2;/h6-8,12,15-16H,4-5,9-10H2,1-3H3;1H. The largest absolute Gasteiger partial charge is 0.493 e. The van der Waals surface area contributed by atoms with Crippen molar-refractivity contribution in [3.8, 4) is 11.5 Å². The van der Waals surface area contributed by atoms with Crippen LogP contribution in [0.5, 0.6) is 11.5 Å². The third kappa shape index (κ3) is 5.68. The summed E-state index contributed by atoms with van der Waals surface area (Å²) in [7, 11) is 1.63. The average Bonchev–Trinajstić information content (AvgIpc) is 2.40. The van der Waals surface area contributed by atoms with E-state index in [2.05, 4.69) is 5.32 Å². The second-order valence-electron chi connectivity index (χ2n) is 4.09. The summed E-state index contributed by atoms with van der Waals surface area (Å²) >= 11 is 0. The monoisotopic (exact) mass is 289 g/mol. The van der Waals surface area contributed by atoms with Crippen molar-refractivity contribution in [1.82, 2.24) is 5.32 Å². The van der Waals surface area contributed by atoms with Crippen LogP contribution in [-0.2, 0) is 6.54 Å². The van der Waals surface area contributed by atoms with Crippen LogP contribution in [0.15, 0.2) is 18.2 Å². The Kier molecular flexibility index (Phi) is 9.39. The second kappa shape index (κ2) is 9.89. The highest BCUT2D eigenvalue weighted by Gasteiger charge is 2.07. The zero-order chi connectivity index (χ0) is 13.4. The Morgan fingerprint density at radius 1 is 1.26 bits per heavy atom. The van der Waals surface area contributed by atoms with Crippen LogP contribution < -0.4 is 14.8 Å². The molecule has 0 radical (unpaired) electrons. The van der Waals surface area contributed by atoms with E-state index in [1.807, 2.05) is 32.0 Å². The van der Waals surface area contributed by atoms with E-state index in [0.29, 0.717) is 13.2 Å². The number of methoxy groups -OCH3 is 1. The summed E-state index contributed by atoms with van der Waals surface area (Å²) in [4.78, 5) is 0. The predicted octanol–water partition coefficient (Wildman–Crippen LogP) is 2.38. The maximum absolute atomic E-state index is 9.12. The van der Waals surface area contributed by atoms with E-state index in [-0.39, 0.29) is 25.1 Å². The van der Waals surface area contributed by atoms with Crippen molar-refractivity contribution < 1.29 is 14.6 Å². The molecule has 19 heavy (non-hydrogen) atoms. The molecule has 0 aliphatic heterocycles. The summed E-state index contributed by atoms with van der Waals surface area (Å²) in [5.41, 5.74) is 1.12. The van der Waals surface area contributed by atoms with E-state index in [9.17, 15) is 0 Å². The molecule has 1 aromatic carbocycles. The lowest BCUT2D eigenvalue weighted by atomic mass is 10.1. The van der Waals surface area contributed by atoms with Crippen LogP contribution in [0.4, 0.5) is 0 Å². The first-order chi connectivity index (χ1) is 8.74. The molecule has 1 rings (SSSR count). The normalized spacial score (nSPS) is 11.6. The molecule has 5 heteroatoms. The van der Waals surface area contributed by atoms with Crippen LogP contribution in [0.1, 0.15) is 25.8 Å². The molecule has 0 saturated carbocycles. The van der Waals surface area contributed by atoms with Gasteiger partial charge in [0.15, 0.2) is 11.5 Å². The van der Waals surface area contributed by atoms with Gasteiger partial charge in [0.2, 0.25) is 0 Å². The fraction of sp³-hybridized carbons (Fsp3) is 0.571. The first kappa shape index (κ1) is 18.0. The van der Waals surface area contributed by atoms with Gasteiger partial charge in [-0.05, 0) is 31.0 Å². The molecule has 0 bridgehead atoms.